The molecule has 0 atom stereocenters. The van der Waals surface area contributed by atoms with E-state index in [4.69, 9.17) is 4.98 Å². The Morgan fingerprint density at radius 1 is 0.706 bits per heavy atom. The Hall–Kier alpha value is -4.05. The summed E-state index contributed by atoms with van der Waals surface area (Å²) in [6.45, 7) is 0. The summed E-state index contributed by atoms with van der Waals surface area (Å²) in [7, 11) is 0. The maximum Gasteiger partial charge on any atom is 0.181 e. The molecule has 3 aromatic carbocycles. The van der Waals surface area contributed by atoms with Gasteiger partial charge in [0.2, 0.25) is 0 Å². The van der Waals surface area contributed by atoms with Gasteiger partial charge in [-0.05, 0) is 42.4 Å². The lowest BCUT2D eigenvalue weighted by Gasteiger charge is -2.09. The first-order chi connectivity index (χ1) is 16.9. The normalized spacial score (nSPS) is 10.9. The molecule has 0 aliphatic carbocycles. The van der Waals surface area contributed by atoms with Crippen LogP contribution in [0.3, 0.4) is 0 Å². The third-order valence-electron chi connectivity index (χ3n) is 6.03. The van der Waals surface area contributed by atoms with Crippen molar-refractivity contribution < 1.29 is 0 Å². The number of nitrogens with zero attached hydrogens (tertiary/aromatic N) is 3. The second kappa shape index (κ2) is 10.7. The number of nitrogens with one attached hydrogen (secondary N) is 1. The molecule has 0 saturated carbocycles. The van der Waals surface area contributed by atoms with Crippen molar-refractivity contribution in [2.45, 2.75) is 32.1 Å². The second-order valence-electron chi connectivity index (χ2n) is 8.41. The van der Waals surface area contributed by atoms with Crippen molar-refractivity contribution >= 4 is 16.7 Å². The number of rotatable bonds is 9. The Labute approximate surface area is 200 Å². The Kier molecular flexibility index (Phi) is 6.86. The number of benzene rings is 3. The molecule has 0 aliphatic rings. The lowest BCUT2D eigenvalue weighted by molar-refractivity contribution is 0.681. The molecule has 2 aromatic heterocycles. The predicted molar refractivity (Wildman–Crippen MR) is 139 cm³/mol. The molecule has 5 rings (SSSR count). The topological polar surface area (TPSA) is 54.5 Å². The number of aryl methyl sites for hydroxylation is 1. The van der Waals surface area contributed by atoms with Gasteiger partial charge in [-0.15, -0.1) is 0 Å². The highest BCUT2D eigenvalue weighted by molar-refractivity contribution is 5.79. The second-order valence-corrected chi connectivity index (χ2v) is 8.41. The lowest BCUT2D eigenvalue weighted by Crippen LogP contribution is -1.98. The first kappa shape index (κ1) is 21.8. The molecule has 168 valence electrons. The van der Waals surface area contributed by atoms with Gasteiger partial charge in [0.05, 0.1) is 12.0 Å². The van der Waals surface area contributed by atoms with Gasteiger partial charge in [-0.2, -0.15) is 0 Å². The van der Waals surface area contributed by atoms with E-state index in [-0.39, 0.29) is 0 Å². The molecule has 0 unspecified atom stereocenters. The van der Waals surface area contributed by atoms with Crippen molar-refractivity contribution in [3.8, 4) is 11.4 Å². The smallest absolute Gasteiger partial charge is 0.181 e. The number of aromatic nitrogens is 4. The van der Waals surface area contributed by atoms with Crippen molar-refractivity contribution in [2.24, 2.45) is 0 Å². The molecule has 0 saturated heterocycles. The minimum absolute atomic E-state index is 0.738. The van der Waals surface area contributed by atoms with Crippen LogP contribution >= 0.6 is 0 Å². The van der Waals surface area contributed by atoms with Gasteiger partial charge >= 0.3 is 0 Å². The van der Waals surface area contributed by atoms with Gasteiger partial charge in [0.25, 0.3) is 0 Å². The Morgan fingerprint density at radius 2 is 1.35 bits per heavy atom. The van der Waals surface area contributed by atoms with Crippen LogP contribution in [0.2, 0.25) is 0 Å². The molecular formula is C30H28N4. The van der Waals surface area contributed by atoms with E-state index in [1.807, 2.05) is 30.3 Å². The van der Waals surface area contributed by atoms with Crippen molar-refractivity contribution in [3.63, 3.8) is 0 Å². The number of hydrogen-bond acceptors (Lipinski definition) is 3. The molecular weight excluding hydrogens is 416 g/mol. The van der Waals surface area contributed by atoms with Crippen LogP contribution in [-0.4, -0.2) is 19.9 Å². The number of aromatic amines is 1. The molecule has 4 heteroatoms. The van der Waals surface area contributed by atoms with Gasteiger partial charge in [0.15, 0.2) is 11.5 Å². The molecule has 1 N–H and O–H groups in total. The fourth-order valence-corrected chi connectivity index (χ4v) is 4.29. The minimum Gasteiger partial charge on any atom is -0.342 e. The zero-order valence-corrected chi connectivity index (χ0v) is 19.2. The summed E-state index contributed by atoms with van der Waals surface area (Å²) in [4.78, 5) is 17.1. The number of allylic oxidation sites excluding steroid dienone is 1. The highest BCUT2D eigenvalue weighted by Gasteiger charge is 2.11. The van der Waals surface area contributed by atoms with Gasteiger partial charge in [0.1, 0.15) is 5.52 Å². The van der Waals surface area contributed by atoms with Gasteiger partial charge < -0.3 is 4.98 Å². The van der Waals surface area contributed by atoms with Crippen LogP contribution < -0.4 is 0 Å². The Bertz CT molecular complexity index is 1320. The standard InChI is InChI=1S/C30H28N4/c1(12-20-26(23-14-6-3-7-15-23)24-16-8-4-9-17-24)2-13-21-27-28-30(32-22-31-28)34-29(33-27)25-18-10-5-11-19-25/h3-11,14-20,22H,1-2,12-13,21H2,(H,31,32,33,34). The quantitative estimate of drug-likeness (QED) is 0.244. The van der Waals surface area contributed by atoms with Crippen LogP contribution in [0.25, 0.3) is 28.1 Å². The largest absolute Gasteiger partial charge is 0.342 e. The summed E-state index contributed by atoms with van der Waals surface area (Å²) in [5, 5.41) is 0. The molecule has 0 amide bonds. The van der Waals surface area contributed by atoms with Crippen molar-refractivity contribution in [3.05, 3.63) is 120 Å². The van der Waals surface area contributed by atoms with E-state index < -0.39 is 0 Å². The predicted octanol–water partition coefficient (Wildman–Crippen LogP) is 7.25. The highest BCUT2D eigenvalue weighted by Crippen LogP contribution is 2.25. The van der Waals surface area contributed by atoms with Gasteiger partial charge in [-0.3, -0.25) is 0 Å². The average molecular weight is 445 g/mol. The summed E-state index contributed by atoms with van der Waals surface area (Å²) < 4.78 is 0. The summed E-state index contributed by atoms with van der Waals surface area (Å²) in [6, 6.07) is 31.4. The molecule has 5 aromatic rings. The fourth-order valence-electron chi connectivity index (χ4n) is 4.29. The molecule has 2 heterocycles. The van der Waals surface area contributed by atoms with E-state index in [1.165, 1.54) is 16.7 Å². The monoisotopic (exact) mass is 444 g/mol. The zero-order chi connectivity index (χ0) is 23.0. The molecule has 0 bridgehead atoms. The van der Waals surface area contributed by atoms with Crippen LogP contribution in [0.4, 0.5) is 0 Å². The number of hydrogen-bond donors (Lipinski definition) is 1. The molecule has 0 radical (unpaired) electrons. The molecule has 34 heavy (non-hydrogen) atoms. The maximum absolute atomic E-state index is 4.87. The van der Waals surface area contributed by atoms with E-state index in [2.05, 4.69) is 81.7 Å². The molecule has 0 aliphatic heterocycles. The first-order valence-electron chi connectivity index (χ1n) is 11.9. The van der Waals surface area contributed by atoms with Crippen LogP contribution in [0.15, 0.2) is 103 Å². The van der Waals surface area contributed by atoms with E-state index in [0.29, 0.717) is 0 Å². The van der Waals surface area contributed by atoms with Crippen LogP contribution in [-0.2, 0) is 6.42 Å². The third-order valence-corrected chi connectivity index (χ3v) is 6.03. The van der Waals surface area contributed by atoms with Crippen LogP contribution in [0, 0.1) is 0 Å². The van der Waals surface area contributed by atoms with Crippen molar-refractivity contribution in [2.75, 3.05) is 0 Å². The number of unbranched alkanes of at least 4 members (excludes halogenated alkanes) is 3. The van der Waals surface area contributed by atoms with Crippen molar-refractivity contribution in [1.82, 2.24) is 19.9 Å². The molecule has 0 spiro atoms. The zero-order valence-electron chi connectivity index (χ0n) is 19.2. The number of imidazole rings is 1. The van der Waals surface area contributed by atoms with E-state index in [9.17, 15) is 0 Å². The number of fused-ring (bicyclic) bond motifs is 1. The molecule has 4 nitrogen and oxygen atoms in total. The summed E-state index contributed by atoms with van der Waals surface area (Å²) >= 11 is 0. The van der Waals surface area contributed by atoms with Gasteiger partial charge in [0, 0.05) is 5.56 Å². The van der Waals surface area contributed by atoms with Crippen LogP contribution in [0.5, 0.6) is 0 Å². The van der Waals surface area contributed by atoms with Crippen LogP contribution in [0.1, 0.15) is 42.5 Å². The SMILES string of the molecule is C(CCCCCc1nc(-c2ccccc2)nc2nc[nH]c12)=C(c1ccccc1)c1ccccc1. The fraction of sp³-hybridized carbons (Fsp3) is 0.167. The van der Waals surface area contributed by atoms with Gasteiger partial charge in [-0.25, -0.2) is 15.0 Å². The maximum atomic E-state index is 4.87. The first-order valence-corrected chi connectivity index (χ1v) is 11.9. The lowest BCUT2D eigenvalue weighted by atomic mass is 9.96. The Morgan fingerprint density at radius 3 is 2.03 bits per heavy atom. The van der Waals surface area contributed by atoms with E-state index in [1.54, 1.807) is 6.33 Å². The highest BCUT2D eigenvalue weighted by atomic mass is 15.0. The van der Waals surface area contributed by atoms with E-state index in [0.717, 1.165) is 60.3 Å². The summed E-state index contributed by atoms with van der Waals surface area (Å²) in [5.74, 6) is 0.744. The van der Waals surface area contributed by atoms with Gasteiger partial charge in [-0.1, -0.05) is 103 Å². The molecule has 0 fully saturated rings. The summed E-state index contributed by atoms with van der Waals surface area (Å²) in [6.07, 6.45) is 9.43. The van der Waals surface area contributed by atoms with Crippen molar-refractivity contribution in [1.29, 1.82) is 0 Å². The van der Waals surface area contributed by atoms with E-state index >= 15 is 0 Å². The third kappa shape index (κ3) is 5.12. The number of H-pyrrole nitrogens is 1. The minimum atomic E-state index is 0.738. The average Bonchev–Trinajstić information content (AvgIpc) is 3.39. The summed E-state index contributed by atoms with van der Waals surface area (Å²) in [5.41, 5.74) is 7.61. The Balaban J connectivity index is 1.24.